The summed E-state index contributed by atoms with van der Waals surface area (Å²) in [5.74, 6) is -3.95. The van der Waals surface area contributed by atoms with Gasteiger partial charge in [-0.15, -0.1) is 0 Å². The summed E-state index contributed by atoms with van der Waals surface area (Å²) in [5.41, 5.74) is -0.183. The molecule has 0 bridgehead atoms. The molecule has 9 heteroatoms. The molecule has 1 rings (SSSR count). The molecule has 1 aromatic rings. The van der Waals surface area contributed by atoms with E-state index in [1.807, 2.05) is 0 Å². The zero-order valence-corrected chi connectivity index (χ0v) is 15.2. The molecule has 0 heterocycles. The lowest BCUT2D eigenvalue weighted by molar-refractivity contribution is -0.138. The zero-order chi connectivity index (χ0) is 20.7. The van der Waals surface area contributed by atoms with Gasteiger partial charge in [-0.25, -0.2) is 4.79 Å². The molecule has 1 atom stereocenters. The number of aromatic carboxylic acids is 1. The van der Waals surface area contributed by atoms with Crippen LogP contribution in [0.4, 0.5) is 5.69 Å². The van der Waals surface area contributed by atoms with E-state index in [0.29, 0.717) is 0 Å². The number of aliphatic carboxylic acids is 1. The van der Waals surface area contributed by atoms with Gasteiger partial charge in [0.15, 0.2) is 5.78 Å². The van der Waals surface area contributed by atoms with Gasteiger partial charge in [-0.3, -0.25) is 19.2 Å². The minimum absolute atomic E-state index is 0.0571. The van der Waals surface area contributed by atoms with Gasteiger partial charge in [0, 0.05) is 25.1 Å². The van der Waals surface area contributed by atoms with E-state index < -0.39 is 29.7 Å². The van der Waals surface area contributed by atoms with Crippen LogP contribution in [0.3, 0.4) is 0 Å². The molecule has 0 aliphatic carbocycles. The standard InChI is InChI=1S/C18H21NO8/c1-10(2)17(15(22)4-5-16(23)24)19(11(3)21)13-6-12(18(25)26)7-14(8-13)27-9-20/h6-10,17H,4-5H2,1-3H3,(H,23,24)(H,25,26). The van der Waals surface area contributed by atoms with Crippen molar-refractivity contribution in [3.05, 3.63) is 23.8 Å². The Bertz CT molecular complexity index is 756. The van der Waals surface area contributed by atoms with Crippen LogP contribution < -0.4 is 9.64 Å². The van der Waals surface area contributed by atoms with Crippen molar-refractivity contribution in [3.8, 4) is 5.75 Å². The fourth-order valence-corrected chi connectivity index (χ4v) is 2.70. The highest BCUT2D eigenvalue weighted by Gasteiger charge is 2.32. The smallest absolute Gasteiger partial charge is 0.335 e. The first-order valence-corrected chi connectivity index (χ1v) is 8.11. The average Bonchev–Trinajstić information content (AvgIpc) is 2.56. The van der Waals surface area contributed by atoms with Crippen molar-refractivity contribution >= 4 is 35.8 Å². The molecule has 1 unspecified atom stereocenters. The highest BCUT2D eigenvalue weighted by Crippen LogP contribution is 2.29. The van der Waals surface area contributed by atoms with E-state index in [2.05, 4.69) is 0 Å². The minimum Gasteiger partial charge on any atom is -0.481 e. The topological polar surface area (TPSA) is 138 Å². The average molecular weight is 379 g/mol. The number of hydrogen-bond donors (Lipinski definition) is 2. The Balaban J connectivity index is 3.45. The van der Waals surface area contributed by atoms with Gasteiger partial charge in [0.05, 0.1) is 18.0 Å². The number of amides is 1. The van der Waals surface area contributed by atoms with Crippen LogP contribution in [-0.4, -0.2) is 46.4 Å². The van der Waals surface area contributed by atoms with Crippen molar-refractivity contribution in [3.63, 3.8) is 0 Å². The molecule has 0 aliphatic rings. The van der Waals surface area contributed by atoms with Crippen LogP contribution in [0.2, 0.25) is 0 Å². The Morgan fingerprint density at radius 2 is 1.74 bits per heavy atom. The number of Topliss-reactive ketones (excluding diaryl/α,β-unsaturated/α-hetero) is 1. The molecule has 0 radical (unpaired) electrons. The number of carboxylic acids is 2. The Hall–Kier alpha value is -3.23. The lowest BCUT2D eigenvalue weighted by atomic mass is 9.94. The third-order valence-corrected chi connectivity index (χ3v) is 3.76. The SMILES string of the molecule is CC(=O)N(c1cc(OC=O)cc(C(=O)O)c1)C(C(=O)CCC(=O)O)C(C)C. The number of hydrogen-bond acceptors (Lipinski definition) is 6. The molecule has 0 saturated heterocycles. The second kappa shape index (κ2) is 9.46. The number of nitrogens with zero attached hydrogens (tertiary/aromatic N) is 1. The molecule has 1 amide bonds. The summed E-state index contributed by atoms with van der Waals surface area (Å²) in [6.07, 6.45) is -0.666. The summed E-state index contributed by atoms with van der Waals surface area (Å²) in [6, 6.07) is 2.55. The lowest BCUT2D eigenvalue weighted by Gasteiger charge is -2.33. The van der Waals surface area contributed by atoms with Crippen molar-refractivity contribution in [2.45, 2.75) is 39.7 Å². The number of carbonyl (C=O) groups excluding carboxylic acids is 3. The van der Waals surface area contributed by atoms with Crippen molar-refractivity contribution in [1.82, 2.24) is 0 Å². The van der Waals surface area contributed by atoms with Gasteiger partial charge in [-0.05, 0) is 18.1 Å². The number of benzene rings is 1. The Kier molecular flexibility index (Phi) is 7.64. The fraction of sp³-hybridized carbons (Fsp3) is 0.389. The molecule has 0 spiro atoms. The monoisotopic (exact) mass is 379 g/mol. The van der Waals surface area contributed by atoms with E-state index in [4.69, 9.17) is 9.84 Å². The lowest BCUT2D eigenvalue weighted by Crippen LogP contribution is -2.47. The molecule has 1 aromatic carbocycles. The maximum absolute atomic E-state index is 12.6. The number of carbonyl (C=O) groups is 5. The van der Waals surface area contributed by atoms with Crippen LogP contribution in [0.1, 0.15) is 44.0 Å². The fourth-order valence-electron chi connectivity index (χ4n) is 2.70. The van der Waals surface area contributed by atoms with E-state index in [1.165, 1.54) is 19.1 Å². The van der Waals surface area contributed by atoms with Crippen LogP contribution >= 0.6 is 0 Å². The predicted molar refractivity (Wildman–Crippen MR) is 93.8 cm³/mol. The van der Waals surface area contributed by atoms with Crippen LogP contribution in [0.25, 0.3) is 0 Å². The zero-order valence-electron chi connectivity index (χ0n) is 15.2. The van der Waals surface area contributed by atoms with Crippen molar-refractivity contribution in [2.75, 3.05) is 4.90 Å². The maximum Gasteiger partial charge on any atom is 0.335 e. The van der Waals surface area contributed by atoms with Crippen molar-refractivity contribution in [1.29, 1.82) is 0 Å². The normalized spacial score (nSPS) is 11.6. The first-order valence-electron chi connectivity index (χ1n) is 8.11. The second-order valence-electron chi connectivity index (χ2n) is 6.17. The van der Waals surface area contributed by atoms with Gasteiger partial charge in [0.25, 0.3) is 6.47 Å². The quantitative estimate of drug-likeness (QED) is 0.586. The maximum atomic E-state index is 12.6. The van der Waals surface area contributed by atoms with Gasteiger partial charge in [0.2, 0.25) is 5.91 Å². The van der Waals surface area contributed by atoms with Gasteiger partial charge in [0.1, 0.15) is 5.75 Å². The minimum atomic E-state index is -1.31. The van der Waals surface area contributed by atoms with E-state index in [1.54, 1.807) is 13.8 Å². The number of ketones is 1. The summed E-state index contributed by atoms with van der Waals surface area (Å²) >= 11 is 0. The molecular formula is C18H21NO8. The van der Waals surface area contributed by atoms with Crippen molar-refractivity contribution in [2.24, 2.45) is 5.92 Å². The molecular weight excluding hydrogens is 358 g/mol. The number of anilines is 1. The van der Waals surface area contributed by atoms with Gasteiger partial charge in [-0.2, -0.15) is 0 Å². The van der Waals surface area contributed by atoms with Crippen LogP contribution in [0, 0.1) is 5.92 Å². The molecule has 146 valence electrons. The largest absolute Gasteiger partial charge is 0.481 e. The molecule has 2 N–H and O–H groups in total. The van der Waals surface area contributed by atoms with Crippen LogP contribution in [-0.2, 0) is 19.2 Å². The van der Waals surface area contributed by atoms with Gasteiger partial charge < -0.3 is 19.8 Å². The van der Waals surface area contributed by atoms with E-state index >= 15 is 0 Å². The third-order valence-electron chi connectivity index (χ3n) is 3.76. The van der Waals surface area contributed by atoms with Crippen molar-refractivity contribution < 1.29 is 38.9 Å². The summed E-state index contributed by atoms with van der Waals surface area (Å²) in [5, 5.41) is 18.0. The molecule has 0 aromatic heterocycles. The van der Waals surface area contributed by atoms with Crippen LogP contribution in [0.5, 0.6) is 5.75 Å². The highest BCUT2D eigenvalue weighted by molar-refractivity contribution is 6.02. The Morgan fingerprint density at radius 3 is 2.19 bits per heavy atom. The third kappa shape index (κ3) is 5.91. The summed E-state index contributed by atoms with van der Waals surface area (Å²) in [4.78, 5) is 58.7. The van der Waals surface area contributed by atoms with E-state index in [-0.39, 0.29) is 42.2 Å². The van der Waals surface area contributed by atoms with E-state index in [9.17, 15) is 29.1 Å². The molecule has 0 saturated carbocycles. The Morgan fingerprint density at radius 1 is 1.11 bits per heavy atom. The molecule has 0 fully saturated rings. The number of carboxylic acid groups (broad SMARTS) is 2. The predicted octanol–water partition coefficient (Wildman–Crippen LogP) is 1.73. The summed E-state index contributed by atoms with van der Waals surface area (Å²) in [7, 11) is 0. The van der Waals surface area contributed by atoms with Crippen LogP contribution in [0.15, 0.2) is 18.2 Å². The highest BCUT2D eigenvalue weighted by atomic mass is 16.5. The number of rotatable bonds is 10. The second-order valence-corrected chi connectivity index (χ2v) is 6.17. The number of ether oxygens (including phenoxy) is 1. The van der Waals surface area contributed by atoms with Gasteiger partial charge in [-0.1, -0.05) is 13.8 Å². The summed E-state index contributed by atoms with van der Waals surface area (Å²) in [6.45, 7) is 4.68. The Labute approximate surface area is 155 Å². The molecule has 0 aliphatic heterocycles. The first kappa shape index (κ1) is 21.8. The summed E-state index contributed by atoms with van der Waals surface area (Å²) < 4.78 is 4.70. The molecule has 9 nitrogen and oxygen atoms in total. The van der Waals surface area contributed by atoms with Gasteiger partial charge >= 0.3 is 11.9 Å². The molecule has 27 heavy (non-hydrogen) atoms. The van der Waals surface area contributed by atoms with E-state index in [0.717, 1.165) is 11.0 Å². The first-order chi connectivity index (χ1) is 12.6.